The van der Waals surface area contributed by atoms with E-state index in [9.17, 15) is 4.79 Å². The van der Waals surface area contributed by atoms with Crippen molar-refractivity contribution in [1.82, 2.24) is 4.90 Å². The number of thiophene rings is 1. The van der Waals surface area contributed by atoms with Crippen molar-refractivity contribution in [2.24, 2.45) is 5.73 Å². The van der Waals surface area contributed by atoms with Crippen molar-refractivity contribution in [3.8, 4) is 0 Å². The van der Waals surface area contributed by atoms with Gasteiger partial charge in [0.25, 0.3) is 0 Å². The second kappa shape index (κ2) is 5.63. The average molecular weight is 291 g/mol. The smallest absolute Gasteiger partial charge is 0.224 e. The molecule has 1 heterocycles. The van der Waals surface area contributed by atoms with Gasteiger partial charge in [-0.2, -0.15) is 0 Å². The molecule has 15 heavy (non-hydrogen) atoms. The topological polar surface area (TPSA) is 46.3 Å². The Bertz CT molecular complexity index is 338. The molecule has 0 aliphatic heterocycles. The van der Waals surface area contributed by atoms with Gasteiger partial charge in [0.2, 0.25) is 5.91 Å². The quantitative estimate of drug-likeness (QED) is 0.924. The molecule has 0 spiro atoms. The zero-order valence-electron chi connectivity index (χ0n) is 8.87. The molecule has 0 aromatic carbocycles. The first-order valence-corrected chi connectivity index (χ1v) is 6.38. The summed E-state index contributed by atoms with van der Waals surface area (Å²) in [6, 6.07) is 1.95. The van der Waals surface area contributed by atoms with Crippen molar-refractivity contribution >= 4 is 33.2 Å². The van der Waals surface area contributed by atoms with Crippen molar-refractivity contribution in [2.45, 2.75) is 25.9 Å². The molecule has 0 aliphatic carbocycles. The van der Waals surface area contributed by atoms with Crippen LogP contribution in [0.2, 0.25) is 0 Å². The van der Waals surface area contributed by atoms with E-state index in [2.05, 4.69) is 15.9 Å². The third-order valence-corrected chi connectivity index (χ3v) is 3.62. The molecular formula is C10H15BrN2OS. The second-order valence-electron chi connectivity index (χ2n) is 3.66. The minimum atomic E-state index is -0.0741. The summed E-state index contributed by atoms with van der Waals surface area (Å²) in [6.45, 7) is 2.50. The zero-order chi connectivity index (χ0) is 11.4. The number of rotatable bonds is 4. The minimum Gasteiger partial charge on any atom is -0.341 e. The summed E-state index contributed by atoms with van der Waals surface area (Å²) >= 11 is 5.03. The highest BCUT2D eigenvalue weighted by Gasteiger charge is 2.11. The normalized spacial score (nSPS) is 12.5. The summed E-state index contributed by atoms with van der Waals surface area (Å²) in [7, 11) is 1.80. The molecule has 0 bridgehead atoms. The van der Waals surface area contributed by atoms with E-state index in [0.29, 0.717) is 13.0 Å². The van der Waals surface area contributed by atoms with Crippen LogP contribution in [0.4, 0.5) is 0 Å². The number of hydrogen-bond acceptors (Lipinski definition) is 3. The van der Waals surface area contributed by atoms with E-state index >= 15 is 0 Å². The Balaban J connectivity index is 2.48. The maximum absolute atomic E-state index is 11.6. The highest BCUT2D eigenvalue weighted by atomic mass is 79.9. The standard InChI is InChI=1S/C10H15BrN2OS/c1-7(12)3-10(14)13(2)5-9-4-8(11)6-15-9/h4,6-7H,3,5,12H2,1-2H3. The van der Waals surface area contributed by atoms with E-state index in [1.165, 1.54) is 4.88 Å². The molecule has 3 nitrogen and oxygen atoms in total. The lowest BCUT2D eigenvalue weighted by Gasteiger charge is -2.17. The predicted molar refractivity (Wildman–Crippen MR) is 66.8 cm³/mol. The highest BCUT2D eigenvalue weighted by Crippen LogP contribution is 2.20. The first kappa shape index (κ1) is 12.7. The number of halogens is 1. The van der Waals surface area contributed by atoms with Crippen LogP contribution in [0.5, 0.6) is 0 Å². The first-order chi connectivity index (χ1) is 6.99. The molecule has 0 saturated heterocycles. The number of carbonyl (C=O) groups excluding carboxylic acids is 1. The van der Waals surface area contributed by atoms with E-state index in [0.717, 1.165) is 4.47 Å². The Hall–Kier alpha value is -0.390. The molecule has 0 fully saturated rings. The van der Waals surface area contributed by atoms with Crippen LogP contribution in [-0.4, -0.2) is 23.9 Å². The van der Waals surface area contributed by atoms with Crippen molar-refractivity contribution in [3.05, 3.63) is 20.8 Å². The number of hydrogen-bond donors (Lipinski definition) is 1. The second-order valence-corrected chi connectivity index (χ2v) is 5.57. The zero-order valence-corrected chi connectivity index (χ0v) is 11.3. The largest absolute Gasteiger partial charge is 0.341 e. The fourth-order valence-corrected chi connectivity index (χ4v) is 2.69. The van der Waals surface area contributed by atoms with Gasteiger partial charge in [0.05, 0.1) is 6.54 Å². The molecule has 1 aromatic heterocycles. The molecule has 0 aliphatic rings. The molecule has 1 rings (SSSR count). The molecule has 2 N–H and O–H groups in total. The molecule has 1 unspecified atom stereocenters. The van der Waals surface area contributed by atoms with Gasteiger partial charge in [-0.05, 0) is 28.9 Å². The number of carbonyl (C=O) groups is 1. The van der Waals surface area contributed by atoms with Crippen LogP contribution < -0.4 is 5.73 Å². The molecule has 0 saturated carbocycles. The fourth-order valence-electron chi connectivity index (χ4n) is 1.19. The summed E-state index contributed by atoms with van der Waals surface area (Å²) < 4.78 is 1.07. The maximum Gasteiger partial charge on any atom is 0.224 e. The summed E-state index contributed by atoms with van der Waals surface area (Å²) in [5.41, 5.74) is 5.58. The van der Waals surface area contributed by atoms with Crippen LogP contribution >= 0.6 is 27.3 Å². The predicted octanol–water partition coefficient (Wildman–Crippen LogP) is 2.21. The van der Waals surface area contributed by atoms with Crippen LogP contribution in [0.25, 0.3) is 0 Å². The lowest BCUT2D eigenvalue weighted by Crippen LogP contribution is -2.31. The highest BCUT2D eigenvalue weighted by molar-refractivity contribution is 9.10. The van der Waals surface area contributed by atoms with Crippen molar-refractivity contribution in [1.29, 1.82) is 0 Å². The Morgan fingerprint density at radius 1 is 1.73 bits per heavy atom. The molecule has 5 heteroatoms. The monoisotopic (exact) mass is 290 g/mol. The summed E-state index contributed by atoms with van der Waals surface area (Å²) in [4.78, 5) is 14.5. The molecule has 1 amide bonds. The molecular weight excluding hydrogens is 276 g/mol. The average Bonchev–Trinajstić information content (AvgIpc) is 2.50. The summed E-state index contributed by atoms with van der Waals surface area (Å²) in [5, 5.41) is 2.01. The number of nitrogens with two attached hydrogens (primary N) is 1. The number of amides is 1. The summed E-state index contributed by atoms with van der Waals surface area (Å²) in [6.07, 6.45) is 0.406. The van der Waals surface area contributed by atoms with E-state index in [-0.39, 0.29) is 11.9 Å². The van der Waals surface area contributed by atoms with Gasteiger partial charge >= 0.3 is 0 Å². The van der Waals surface area contributed by atoms with E-state index < -0.39 is 0 Å². The minimum absolute atomic E-state index is 0.0741. The van der Waals surface area contributed by atoms with Crippen LogP contribution in [0.3, 0.4) is 0 Å². The molecule has 0 radical (unpaired) electrons. The third-order valence-electron chi connectivity index (χ3n) is 1.94. The third kappa shape index (κ3) is 4.32. The van der Waals surface area contributed by atoms with Crippen LogP contribution in [0, 0.1) is 0 Å². The lowest BCUT2D eigenvalue weighted by molar-refractivity contribution is -0.130. The van der Waals surface area contributed by atoms with E-state index in [1.54, 1.807) is 23.3 Å². The van der Waals surface area contributed by atoms with Crippen molar-refractivity contribution in [2.75, 3.05) is 7.05 Å². The van der Waals surface area contributed by atoms with E-state index in [4.69, 9.17) is 5.73 Å². The molecule has 1 aromatic rings. The van der Waals surface area contributed by atoms with Crippen molar-refractivity contribution < 1.29 is 4.79 Å². The van der Waals surface area contributed by atoms with Crippen LogP contribution in [0.15, 0.2) is 15.9 Å². The Labute approximate surface area is 102 Å². The SMILES string of the molecule is CC(N)CC(=O)N(C)Cc1cc(Br)cs1. The Morgan fingerprint density at radius 3 is 2.87 bits per heavy atom. The lowest BCUT2D eigenvalue weighted by atomic mass is 10.2. The number of nitrogens with zero attached hydrogens (tertiary/aromatic N) is 1. The van der Waals surface area contributed by atoms with Gasteiger partial charge < -0.3 is 10.6 Å². The fraction of sp³-hybridized carbons (Fsp3) is 0.500. The maximum atomic E-state index is 11.6. The molecule has 1 atom stereocenters. The van der Waals surface area contributed by atoms with Gasteiger partial charge in [0.1, 0.15) is 0 Å². The van der Waals surface area contributed by atoms with Gasteiger partial charge in [0.15, 0.2) is 0 Å². The van der Waals surface area contributed by atoms with Gasteiger partial charge in [-0.15, -0.1) is 11.3 Å². The van der Waals surface area contributed by atoms with E-state index in [1.807, 2.05) is 18.4 Å². The molecule has 84 valence electrons. The van der Waals surface area contributed by atoms with Crippen LogP contribution in [0.1, 0.15) is 18.2 Å². The van der Waals surface area contributed by atoms with Gasteiger partial charge in [0, 0.05) is 34.2 Å². The summed E-state index contributed by atoms with van der Waals surface area (Å²) in [5.74, 6) is 0.0922. The Morgan fingerprint density at radius 2 is 2.40 bits per heavy atom. The van der Waals surface area contributed by atoms with Gasteiger partial charge in [-0.25, -0.2) is 0 Å². The van der Waals surface area contributed by atoms with Crippen molar-refractivity contribution in [3.63, 3.8) is 0 Å². The van der Waals surface area contributed by atoms with Crippen LogP contribution in [-0.2, 0) is 11.3 Å². The first-order valence-electron chi connectivity index (χ1n) is 4.71. The van der Waals surface area contributed by atoms with Gasteiger partial charge in [-0.1, -0.05) is 0 Å². The van der Waals surface area contributed by atoms with Gasteiger partial charge in [-0.3, -0.25) is 4.79 Å². The Kier molecular flexibility index (Phi) is 4.76.